The van der Waals surface area contributed by atoms with Crippen LogP contribution >= 0.6 is 11.8 Å². The van der Waals surface area contributed by atoms with Crippen LogP contribution in [0.1, 0.15) is 140 Å². The minimum absolute atomic E-state index is 0.0166. The maximum atomic E-state index is 14.5. The molecule has 754 valence electrons. The lowest BCUT2D eigenvalue weighted by molar-refractivity contribution is -0.139. The third-order valence-electron chi connectivity index (χ3n) is 21.2. The zero-order chi connectivity index (χ0) is 102. The number of phenols is 1. The Balaban J connectivity index is 2.28. The van der Waals surface area contributed by atoms with E-state index in [2.05, 4.69) is 106 Å². The third kappa shape index (κ3) is 40.8. The van der Waals surface area contributed by atoms with E-state index in [1.54, 1.807) is 40.9 Å². The molecule has 1 aromatic carbocycles. The Labute approximate surface area is 777 Å². The highest BCUT2D eigenvalue weighted by Crippen LogP contribution is 2.17. The van der Waals surface area contributed by atoms with Crippen molar-refractivity contribution in [1.29, 1.82) is 0 Å². The molecule has 0 bridgehead atoms. The van der Waals surface area contributed by atoms with Gasteiger partial charge in [0.1, 0.15) is 115 Å². The summed E-state index contributed by atoms with van der Waals surface area (Å²) in [6, 6.07) is -23.7. The van der Waals surface area contributed by atoms with Gasteiger partial charge in [-0.1, -0.05) is 80.4 Å². The topological polar surface area (TPSA) is 807 Å². The van der Waals surface area contributed by atoms with Crippen LogP contribution in [0.3, 0.4) is 0 Å². The van der Waals surface area contributed by atoms with Crippen LogP contribution in [-0.2, 0) is 107 Å². The Kier molecular flexibility index (Phi) is 53.0. The summed E-state index contributed by atoms with van der Waals surface area (Å²) < 4.78 is 0. The first-order valence-electron chi connectivity index (χ1n) is 43.6. The summed E-state index contributed by atoms with van der Waals surface area (Å²) in [5, 5.41) is 138. The number of carboxylic acids is 1. The normalized spacial score (nSPS) is 16.8. The monoisotopic (exact) mass is 1930 g/mol. The van der Waals surface area contributed by atoms with Crippen LogP contribution in [0.15, 0.2) is 24.3 Å². The maximum absolute atomic E-state index is 14.5. The lowest BCUT2D eigenvalue weighted by Crippen LogP contribution is -2.63. The Morgan fingerprint density at radius 1 is 0.403 bits per heavy atom. The van der Waals surface area contributed by atoms with Gasteiger partial charge in [-0.2, -0.15) is 11.8 Å². The molecule has 1 aliphatic heterocycles. The molecule has 51 nitrogen and oxygen atoms in total. The molecular weight excluding hydrogens is 1790 g/mol. The molecule has 0 radical (unpaired) electrons. The van der Waals surface area contributed by atoms with Crippen molar-refractivity contribution in [2.45, 2.75) is 256 Å². The standard InChI is InChI=1S/C82H135N21O30S/c1-14-39(7)62(80(131)89-42(10)65(116)93-51(28-45-18-20-46(111)21-19-45)72(123)103-64(44(12)110)82(133)92-49(24-26-134-13)71(122)97-55(34-107)75(126)94-50(27-37(3)4)69(120)86-30-60(114)115)102-81(132)63(40(8)15-2)101-78(129)57(36-109)98-70(121)48(22-23-58(83)112)91-74(125)53(32-105)95-67(118)43(11)88-79(130)61(38(5)6)100-77(128)56(35-108)99-76(127)54(33-106)96-66(117)41(9)87-73(124)52(31-104)90-59(113)29-85-68(119)47-17-16-25-84-47/h18-21,37-44,47-57,61-64,84,104-111H,14-17,22-36H2,1-13H3,(H2,83,112)(H,85,119)(H,86,120)(H,87,124)(H,88,130)(H,89,131)(H,90,113)(H,91,125)(H,92,133)(H,93,116)(H,94,126)(H,95,118)(H,96,117)(H,97,122)(H,98,121)(H,99,127)(H,100,128)(H,101,129)(H,102,132)(H,103,123)(H,114,115)/t39-,40-,41-,42-,43-,44+,47-,48-,49-,50-,51-,52-,53-,54-,55-,56-,57-,61-,62-,63-,64-/m0/s1. The molecule has 0 saturated carbocycles. The van der Waals surface area contributed by atoms with Gasteiger partial charge >= 0.3 is 5.97 Å². The number of carbonyl (C=O) groups is 21. The molecule has 1 aliphatic rings. The summed E-state index contributed by atoms with van der Waals surface area (Å²) in [6.45, 7) is 9.87. The molecule has 134 heavy (non-hydrogen) atoms. The average Bonchev–Trinajstić information content (AvgIpc) is 1.10. The van der Waals surface area contributed by atoms with E-state index in [9.17, 15) is 142 Å². The summed E-state index contributed by atoms with van der Waals surface area (Å²) >= 11 is 1.24. The molecular formula is C82H135N21O30S. The summed E-state index contributed by atoms with van der Waals surface area (Å²) in [5.41, 5.74) is 5.71. The first-order valence-corrected chi connectivity index (χ1v) is 44.9. The van der Waals surface area contributed by atoms with Crippen LogP contribution in [0.5, 0.6) is 5.75 Å². The number of hydrogen-bond acceptors (Lipinski definition) is 31. The maximum Gasteiger partial charge on any atom is 0.322 e. The SMILES string of the molecule is CC[C@H](C)[C@H](NC(=O)[C@H](CO)NC(=O)[C@H](CCC(N)=O)NC(=O)[C@H](CO)NC(=O)[C@H](C)NC(=O)[C@@H](NC(=O)[C@H](CO)NC(=O)[C@H](CO)NC(=O)[C@H](C)NC(=O)[C@H](CO)NC(=O)CNC(=O)[C@@H]1CCCN1)C(C)C)C(=O)N[C@H](C(=O)N[C@@H](C)C(=O)N[C@@H](Cc1ccc(O)cc1)C(=O)N[C@H](C(=O)N[C@@H](CCSC)C(=O)N[C@@H](CO)C(=O)N[C@@H](CC(C)C)C(=O)NCC(=O)O)[C@@H](C)O)[C@@H](C)CC. The van der Waals surface area contributed by atoms with E-state index in [0.717, 1.165) is 27.2 Å². The van der Waals surface area contributed by atoms with E-state index in [0.29, 0.717) is 18.5 Å². The van der Waals surface area contributed by atoms with Crippen molar-refractivity contribution in [1.82, 2.24) is 106 Å². The lowest BCUT2D eigenvalue weighted by Gasteiger charge is -2.31. The minimum atomic E-state index is -1.96. The molecule has 21 atom stereocenters. The van der Waals surface area contributed by atoms with E-state index in [1.807, 2.05) is 0 Å². The molecule has 1 heterocycles. The number of nitrogens with one attached hydrogen (secondary N) is 20. The summed E-state index contributed by atoms with van der Waals surface area (Å²) in [6.07, 6.45) is -0.159. The van der Waals surface area contributed by atoms with Crippen molar-refractivity contribution in [3.63, 3.8) is 0 Å². The van der Waals surface area contributed by atoms with Gasteiger partial charge in [-0.3, -0.25) is 101 Å². The summed E-state index contributed by atoms with van der Waals surface area (Å²) in [5.74, 6) is -25.2. The smallest absolute Gasteiger partial charge is 0.322 e. The Hall–Kier alpha value is -12.1. The number of aromatic hydroxyl groups is 1. The van der Waals surface area contributed by atoms with Crippen LogP contribution in [-0.4, -0.2) is 356 Å². The van der Waals surface area contributed by atoms with E-state index in [4.69, 9.17) is 10.8 Å². The van der Waals surface area contributed by atoms with Crippen molar-refractivity contribution >= 4 is 136 Å². The number of benzene rings is 1. The number of carbonyl (C=O) groups excluding carboxylic acids is 20. The second-order valence-electron chi connectivity index (χ2n) is 32.9. The van der Waals surface area contributed by atoms with Crippen molar-refractivity contribution < 1.29 is 147 Å². The van der Waals surface area contributed by atoms with Crippen LogP contribution < -0.4 is 112 Å². The molecule has 2 rings (SSSR count). The largest absolute Gasteiger partial charge is 0.508 e. The number of thioether (sulfide) groups is 1. The molecule has 0 aromatic heterocycles. The summed E-state index contributed by atoms with van der Waals surface area (Å²) in [7, 11) is 0. The number of aliphatic carboxylic acids is 1. The predicted octanol–water partition coefficient (Wildman–Crippen LogP) is -12.5. The number of rotatable bonds is 61. The second-order valence-corrected chi connectivity index (χ2v) is 33.9. The molecule has 20 amide bonds. The number of hydrogen-bond donors (Lipinski definition) is 30. The lowest BCUT2D eigenvalue weighted by atomic mass is 9.94. The molecule has 0 aliphatic carbocycles. The number of carboxylic acid groups (broad SMARTS) is 1. The minimum Gasteiger partial charge on any atom is -0.508 e. The highest BCUT2D eigenvalue weighted by atomic mass is 32.2. The van der Waals surface area contributed by atoms with Crippen LogP contribution in [0.4, 0.5) is 0 Å². The second kappa shape index (κ2) is 60.2. The highest BCUT2D eigenvalue weighted by Gasteiger charge is 2.41. The number of aliphatic hydroxyl groups is 7. The zero-order valence-corrected chi connectivity index (χ0v) is 77.9. The van der Waals surface area contributed by atoms with Gasteiger partial charge in [0.05, 0.1) is 58.3 Å². The van der Waals surface area contributed by atoms with E-state index >= 15 is 0 Å². The first-order chi connectivity index (χ1) is 63.0. The Morgan fingerprint density at radius 3 is 1.15 bits per heavy atom. The van der Waals surface area contributed by atoms with Crippen molar-refractivity contribution in [3.05, 3.63) is 29.8 Å². The van der Waals surface area contributed by atoms with Gasteiger partial charge in [0.25, 0.3) is 0 Å². The molecule has 0 unspecified atom stereocenters. The van der Waals surface area contributed by atoms with Crippen LogP contribution in [0.25, 0.3) is 0 Å². The average molecular weight is 1930 g/mol. The number of aliphatic hydroxyl groups excluding tert-OH is 7. The number of primary amides is 1. The fourth-order valence-electron chi connectivity index (χ4n) is 12.7. The third-order valence-corrected chi connectivity index (χ3v) is 21.8. The highest BCUT2D eigenvalue weighted by molar-refractivity contribution is 7.98. The number of amides is 20. The predicted molar refractivity (Wildman–Crippen MR) is 475 cm³/mol. The van der Waals surface area contributed by atoms with E-state index in [1.165, 1.54) is 63.7 Å². The molecule has 1 fully saturated rings. The van der Waals surface area contributed by atoms with Gasteiger partial charge in [0.15, 0.2) is 0 Å². The van der Waals surface area contributed by atoms with Crippen molar-refractivity contribution in [3.8, 4) is 5.75 Å². The van der Waals surface area contributed by atoms with E-state index < -0.39 is 322 Å². The fourth-order valence-corrected chi connectivity index (χ4v) is 13.2. The van der Waals surface area contributed by atoms with Gasteiger partial charge in [-0.15, -0.1) is 0 Å². The van der Waals surface area contributed by atoms with Gasteiger partial charge < -0.3 is 158 Å². The first kappa shape index (κ1) is 118. The van der Waals surface area contributed by atoms with Crippen molar-refractivity contribution in [2.75, 3.05) is 71.3 Å². The molecule has 1 saturated heterocycles. The van der Waals surface area contributed by atoms with Gasteiger partial charge in [-0.05, 0) is 120 Å². The molecule has 0 spiro atoms. The summed E-state index contributed by atoms with van der Waals surface area (Å²) in [4.78, 5) is 282. The molecule has 1 aromatic rings. The fraction of sp³-hybridized carbons (Fsp3) is 0.671. The van der Waals surface area contributed by atoms with Gasteiger partial charge in [-0.25, -0.2) is 0 Å². The van der Waals surface area contributed by atoms with Gasteiger partial charge in [0, 0.05) is 12.8 Å². The van der Waals surface area contributed by atoms with Gasteiger partial charge in [0.2, 0.25) is 118 Å². The molecule has 52 heteroatoms. The zero-order valence-electron chi connectivity index (χ0n) is 77.1. The number of nitrogens with two attached hydrogens (primary N) is 1. The van der Waals surface area contributed by atoms with Crippen LogP contribution in [0, 0.1) is 23.7 Å². The molecule has 31 N–H and O–H groups in total. The van der Waals surface area contributed by atoms with Crippen molar-refractivity contribution in [2.24, 2.45) is 29.4 Å². The quantitative estimate of drug-likeness (QED) is 0.0288. The Bertz CT molecular complexity index is 4170. The number of phenolic OH excluding ortho intramolecular Hbond substituents is 1. The van der Waals surface area contributed by atoms with E-state index in [-0.39, 0.29) is 49.5 Å². The Morgan fingerprint density at radius 2 is 0.746 bits per heavy atom. The van der Waals surface area contributed by atoms with Crippen LogP contribution in [0.2, 0.25) is 0 Å².